The van der Waals surface area contributed by atoms with Gasteiger partial charge < -0.3 is 15.8 Å². The van der Waals surface area contributed by atoms with E-state index in [2.05, 4.69) is 29.4 Å². The molecule has 0 bridgehead atoms. The van der Waals surface area contributed by atoms with Crippen molar-refractivity contribution in [3.05, 3.63) is 76.7 Å². The fourth-order valence-electron chi connectivity index (χ4n) is 4.11. The third kappa shape index (κ3) is 3.58. The van der Waals surface area contributed by atoms with E-state index < -0.39 is 5.91 Å². The van der Waals surface area contributed by atoms with Crippen LogP contribution in [-0.2, 0) is 24.3 Å². The van der Waals surface area contributed by atoms with Crippen molar-refractivity contribution >= 4 is 17.4 Å². The molecule has 1 amide bonds. The first-order valence-electron chi connectivity index (χ1n) is 10.6. The van der Waals surface area contributed by atoms with Crippen LogP contribution < -0.4 is 11.1 Å². The van der Waals surface area contributed by atoms with Crippen molar-refractivity contribution in [2.24, 2.45) is 5.73 Å². The number of hydrogen-bond acceptors (Lipinski definition) is 6. The lowest BCUT2D eigenvalue weighted by atomic mass is 10.0. The van der Waals surface area contributed by atoms with Crippen LogP contribution in [0.2, 0.25) is 0 Å². The lowest BCUT2D eigenvalue weighted by molar-refractivity contribution is 0.0385. The van der Waals surface area contributed by atoms with Gasteiger partial charge in [-0.05, 0) is 31.5 Å². The molecule has 1 aliphatic heterocycles. The highest BCUT2D eigenvalue weighted by molar-refractivity contribution is 5.99. The zero-order chi connectivity index (χ0) is 22.2. The number of amides is 1. The number of benzene rings is 1. The molecule has 3 aromatic heterocycles. The molecule has 4 heterocycles. The third-order valence-electron chi connectivity index (χ3n) is 5.69. The lowest BCUT2D eigenvalue weighted by Crippen LogP contribution is -2.23. The number of imidazole rings is 1. The Hall–Kier alpha value is -3.78. The molecule has 8 heteroatoms. The Morgan fingerprint density at radius 1 is 1.19 bits per heavy atom. The van der Waals surface area contributed by atoms with Crippen LogP contribution in [-0.4, -0.2) is 31.4 Å². The molecule has 8 nitrogen and oxygen atoms in total. The summed E-state index contributed by atoms with van der Waals surface area (Å²) in [6.07, 6.45) is 2.69. The van der Waals surface area contributed by atoms with E-state index in [-0.39, 0.29) is 6.10 Å². The highest BCUT2D eigenvalue weighted by Gasteiger charge is 2.25. The van der Waals surface area contributed by atoms with E-state index >= 15 is 0 Å². The summed E-state index contributed by atoms with van der Waals surface area (Å²) in [5.74, 6) is 0.805. The molecule has 0 radical (unpaired) electrons. The maximum atomic E-state index is 11.9. The Bertz CT molecular complexity index is 1320. The molecule has 3 N–H and O–H groups in total. The van der Waals surface area contributed by atoms with Gasteiger partial charge in [-0.1, -0.05) is 30.3 Å². The van der Waals surface area contributed by atoms with Crippen molar-refractivity contribution in [2.45, 2.75) is 39.5 Å². The number of nitrogens with one attached hydrogen (secondary N) is 1. The van der Waals surface area contributed by atoms with E-state index in [0.717, 1.165) is 34.9 Å². The predicted octanol–water partition coefficient (Wildman–Crippen LogP) is 3.27. The zero-order valence-electron chi connectivity index (χ0n) is 18.0. The number of nitrogens with zero attached hydrogens (tertiary/aromatic N) is 4. The number of nitrogens with two attached hydrogens (primary N) is 1. The number of carbonyl (C=O) groups is 1. The number of primary amides is 1. The minimum absolute atomic E-state index is 0.102. The molecule has 1 unspecified atom stereocenters. The van der Waals surface area contributed by atoms with Crippen molar-refractivity contribution in [3.8, 4) is 11.5 Å². The number of hydrogen-bond donors (Lipinski definition) is 2. The first-order valence-corrected chi connectivity index (χ1v) is 10.6. The van der Waals surface area contributed by atoms with Gasteiger partial charge in [0.1, 0.15) is 17.2 Å². The molecular weight excluding hydrogens is 404 g/mol. The summed E-state index contributed by atoms with van der Waals surface area (Å²) in [5, 5.41) is 3.50. The number of fused-ring (bicyclic) bond motifs is 2. The first kappa shape index (κ1) is 20.1. The molecule has 32 heavy (non-hydrogen) atoms. The number of anilines is 1. The van der Waals surface area contributed by atoms with Gasteiger partial charge in [-0.3, -0.25) is 9.20 Å². The summed E-state index contributed by atoms with van der Waals surface area (Å²) in [4.78, 5) is 26.2. The number of rotatable bonds is 5. The average molecular weight is 428 g/mol. The number of ether oxygens (including phenoxy) is 1. The molecule has 0 spiro atoms. The van der Waals surface area contributed by atoms with Crippen LogP contribution in [0.25, 0.3) is 17.2 Å². The van der Waals surface area contributed by atoms with Gasteiger partial charge >= 0.3 is 0 Å². The minimum atomic E-state index is -0.522. The molecular formula is C24H24N6O2. The number of aromatic nitrogens is 4. The molecule has 1 atom stereocenters. The Morgan fingerprint density at radius 3 is 2.78 bits per heavy atom. The highest BCUT2D eigenvalue weighted by Crippen LogP contribution is 2.30. The second-order valence-electron chi connectivity index (χ2n) is 8.01. The zero-order valence-corrected chi connectivity index (χ0v) is 18.0. The van der Waals surface area contributed by atoms with Gasteiger partial charge in [-0.15, -0.1) is 0 Å². The Morgan fingerprint density at radius 2 is 2.00 bits per heavy atom. The fourth-order valence-corrected chi connectivity index (χ4v) is 4.11. The Labute approximate surface area is 185 Å². The maximum absolute atomic E-state index is 11.9. The van der Waals surface area contributed by atoms with Crippen molar-refractivity contribution in [2.75, 3.05) is 5.32 Å². The van der Waals surface area contributed by atoms with Gasteiger partial charge in [0.2, 0.25) is 0 Å². The van der Waals surface area contributed by atoms with E-state index in [1.165, 1.54) is 5.56 Å². The number of pyridine rings is 1. The van der Waals surface area contributed by atoms with Crippen LogP contribution in [0.5, 0.6) is 0 Å². The third-order valence-corrected chi connectivity index (χ3v) is 5.69. The standard InChI is InChI=1S/C24H24N6O2/c1-14-11-18-19(13-32-14)28-23(29-22(18)26-12-16-7-4-3-5-8-16)20-15(2)27-24-17(21(25)31)9-6-10-30(20)24/h3-10,14H,11-13H2,1-2H3,(H2,25,31)(H,26,28,29). The van der Waals surface area contributed by atoms with Crippen molar-refractivity contribution in [3.63, 3.8) is 0 Å². The largest absolute Gasteiger partial charge is 0.372 e. The van der Waals surface area contributed by atoms with E-state index in [9.17, 15) is 4.79 Å². The monoisotopic (exact) mass is 428 g/mol. The van der Waals surface area contributed by atoms with E-state index in [1.807, 2.05) is 35.7 Å². The van der Waals surface area contributed by atoms with Gasteiger partial charge in [0, 0.05) is 24.7 Å². The Kier molecular flexibility index (Phi) is 5.07. The molecule has 4 aromatic rings. The van der Waals surface area contributed by atoms with Crippen LogP contribution in [0.4, 0.5) is 5.82 Å². The van der Waals surface area contributed by atoms with Gasteiger partial charge in [0.25, 0.3) is 5.91 Å². The smallest absolute Gasteiger partial charge is 0.252 e. The van der Waals surface area contributed by atoms with Crippen LogP contribution in [0.15, 0.2) is 48.7 Å². The molecule has 0 aliphatic carbocycles. The second kappa shape index (κ2) is 8.05. The van der Waals surface area contributed by atoms with Crippen LogP contribution in [0.3, 0.4) is 0 Å². The van der Waals surface area contributed by atoms with Crippen molar-refractivity contribution in [1.82, 2.24) is 19.4 Å². The summed E-state index contributed by atoms with van der Waals surface area (Å²) >= 11 is 0. The SMILES string of the molecule is Cc1nc2c(C(N)=O)cccn2c1-c1nc2c(c(NCc3ccccc3)n1)CC(C)OC2. The van der Waals surface area contributed by atoms with Gasteiger partial charge in [-0.2, -0.15) is 0 Å². The molecule has 1 aromatic carbocycles. The second-order valence-corrected chi connectivity index (χ2v) is 8.01. The van der Waals surface area contributed by atoms with E-state index in [1.54, 1.807) is 12.1 Å². The maximum Gasteiger partial charge on any atom is 0.252 e. The quantitative estimate of drug-likeness (QED) is 0.505. The fraction of sp³-hybridized carbons (Fsp3) is 0.250. The molecule has 1 aliphatic rings. The lowest BCUT2D eigenvalue weighted by Gasteiger charge is -2.24. The summed E-state index contributed by atoms with van der Waals surface area (Å²) < 4.78 is 7.68. The first-order chi connectivity index (χ1) is 15.5. The van der Waals surface area contributed by atoms with Crippen LogP contribution in [0.1, 0.15) is 39.8 Å². The van der Waals surface area contributed by atoms with Crippen LogP contribution >= 0.6 is 0 Å². The van der Waals surface area contributed by atoms with Gasteiger partial charge in [-0.25, -0.2) is 15.0 Å². The topological polar surface area (TPSA) is 107 Å². The average Bonchev–Trinajstić information content (AvgIpc) is 3.13. The van der Waals surface area contributed by atoms with Crippen molar-refractivity contribution < 1.29 is 9.53 Å². The molecule has 5 rings (SSSR count). The normalized spacial score (nSPS) is 15.5. The Balaban J connectivity index is 1.63. The predicted molar refractivity (Wildman–Crippen MR) is 121 cm³/mol. The van der Waals surface area contributed by atoms with Gasteiger partial charge in [0.15, 0.2) is 5.82 Å². The van der Waals surface area contributed by atoms with Crippen molar-refractivity contribution in [1.29, 1.82) is 0 Å². The molecule has 0 fully saturated rings. The highest BCUT2D eigenvalue weighted by atomic mass is 16.5. The molecule has 0 saturated heterocycles. The summed E-state index contributed by atoms with van der Waals surface area (Å²) in [6.45, 7) is 5.01. The summed E-state index contributed by atoms with van der Waals surface area (Å²) in [5.41, 5.74) is 11.0. The summed E-state index contributed by atoms with van der Waals surface area (Å²) in [7, 11) is 0. The van der Waals surface area contributed by atoms with E-state index in [4.69, 9.17) is 20.4 Å². The number of aryl methyl sites for hydroxylation is 1. The molecule has 162 valence electrons. The van der Waals surface area contributed by atoms with Crippen LogP contribution in [0, 0.1) is 6.92 Å². The van der Waals surface area contributed by atoms with Gasteiger partial charge in [0.05, 0.1) is 29.7 Å². The minimum Gasteiger partial charge on any atom is -0.372 e. The van der Waals surface area contributed by atoms with E-state index in [0.29, 0.717) is 30.2 Å². The summed E-state index contributed by atoms with van der Waals surface area (Å²) in [6, 6.07) is 13.6. The molecule has 0 saturated carbocycles. The number of carbonyl (C=O) groups excluding carboxylic acids is 1.